The van der Waals surface area contributed by atoms with Gasteiger partial charge in [-0.1, -0.05) is 0 Å². The van der Waals surface area contributed by atoms with Crippen molar-refractivity contribution in [2.75, 3.05) is 19.8 Å². The van der Waals surface area contributed by atoms with Gasteiger partial charge in [-0.15, -0.1) is 0 Å². The van der Waals surface area contributed by atoms with E-state index in [4.69, 9.17) is 9.47 Å². The lowest BCUT2D eigenvalue weighted by molar-refractivity contribution is -0.137. The Morgan fingerprint density at radius 1 is 1.16 bits per heavy atom. The van der Waals surface area contributed by atoms with Crippen LogP contribution in [0.25, 0.3) is 0 Å². The van der Waals surface area contributed by atoms with Gasteiger partial charge in [-0.2, -0.15) is 13.2 Å². The van der Waals surface area contributed by atoms with Gasteiger partial charge in [0.1, 0.15) is 6.61 Å². The van der Waals surface area contributed by atoms with Crippen molar-refractivity contribution in [2.45, 2.75) is 38.9 Å². The fourth-order valence-electron chi connectivity index (χ4n) is 4.03. The highest BCUT2D eigenvalue weighted by Crippen LogP contribution is 2.47. The molecule has 2 aromatic rings. The molecule has 2 aromatic heterocycles. The number of nitrogens with zero attached hydrogens (tertiary/aromatic N) is 3. The standard InChI is InChI=1S/C22H24F3N3O3/c1-3-30-18-6-4-13(2)27-20(18)21(29)28-11-15-8-14(15)9-17(28)12-31-19-7-5-16(10-26-19)22(23,24)25/h4-7,10,14-15,17H,3,8-9,11-12H2,1-2H3/t14-,15+,17+/m1/s1. The molecule has 2 aliphatic rings. The molecule has 0 N–H and O–H groups in total. The van der Waals surface area contributed by atoms with E-state index in [0.717, 1.165) is 30.8 Å². The number of hydrogen-bond acceptors (Lipinski definition) is 5. The first-order valence-electron chi connectivity index (χ1n) is 10.3. The molecule has 1 saturated heterocycles. The first kappa shape index (κ1) is 21.4. The van der Waals surface area contributed by atoms with Crippen LogP contribution < -0.4 is 9.47 Å². The zero-order chi connectivity index (χ0) is 22.2. The summed E-state index contributed by atoms with van der Waals surface area (Å²) in [4.78, 5) is 23.3. The van der Waals surface area contributed by atoms with Crippen molar-refractivity contribution < 1.29 is 27.4 Å². The molecule has 0 radical (unpaired) electrons. The number of rotatable bonds is 6. The van der Waals surface area contributed by atoms with Crippen LogP contribution >= 0.6 is 0 Å². The molecule has 2 fully saturated rings. The molecule has 166 valence electrons. The van der Waals surface area contributed by atoms with Gasteiger partial charge in [0.05, 0.1) is 18.2 Å². The number of aryl methyl sites for hydroxylation is 1. The van der Waals surface area contributed by atoms with Gasteiger partial charge >= 0.3 is 6.18 Å². The average molecular weight is 435 g/mol. The largest absolute Gasteiger partial charge is 0.491 e. The van der Waals surface area contributed by atoms with E-state index in [0.29, 0.717) is 30.7 Å². The van der Waals surface area contributed by atoms with Crippen LogP contribution in [0, 0.1) is 18.8 Å². The molecule has 0 aromatic carbocycles. The van der Waals surface area contributed by atoms with E-state index in [1.54, 1.807) is 17.0 Å². The van der Waals surface area contributed by atoms with Crippen molar-refractivity contribution in [3.63, 3.8) is 0 Å². The van der Waals surface area contributed by atoms with Crippen LogP contribution in [0.2, 0.25) is 0 Å². The first-order valence-corrected chi connectivity index (χ1v) is 10.3. The maximum absolute atomic E-state index is 13.4. The number of carbonyl (C=O) groups is 1. The second-order valence-corrected chi connectivity index (χ2v) is 8.03. The van der Waals surface area contributed by atoms with E-state index in [2.05, 4.69) is 9.97 Å². The quantitative estimate of drug-likeness (QED) is 0.683. The van der Waals surface area contributed by atoms with Crippen molar-refractivity contribution in [2.24, 2.45) is 11.8 Å². The smallest absolute Gasteiger partial charge is 0.417 e. The fraction of sp³-hybridized carbons (Fsp3) is 0.500. The van der Waals surface area contributed by atoms with Gasteiger partial charge < -0.3 is 14.4 Å². The molecule has 1 saturated carbocycles. The topological polar surface area (TPSA) is 64.5 Å². The van der Waals surface area contributed by atoms with Crippen molar-refractivity contribution in [1.82, 2.24) is 14.9 Å². The Bertz CT molecular complexity index is 949. The summed E-state index contributed by atoms with van der Waals surface area (Å²) in [6, 6.07) is 5.48. The number of ether oxygens (including phenoxy) is 2. The Balaban J connectivity index is 1.49. The van der Waals surface area contributed by atoms with E-state index in [9.17, 15) is 18.0 Å². The van der Waals surface area contributed by atoms with Crippen LogP contribution in [0.5, 0.6) is 11.6 Å². The molecule has 0 bridgehead atoms. The number of halogens is 3. The highest BCUT2D eigenvalue weighted by atomic mass is 19.4. The van der Waals surface area contributed by atoms with Crippen molar-refractivity contribution in [1.29, 1.82) is 0 Å². The molecule has 1 amide bonds. The van der Waals surface area contributed by atoms with E-state index < -0.39 is 11.7 Å². The molecule has 6 nitrogen and oxygen atoms in total. The Labute approximate surface area is 178 Å². The summed E-state index contributed by atoms with van der Waals surface area (Å²) in [5.41, 5.74) is 0.164. The molecule has 1 aliphatic heterocycles. The summed E-state index contributed by atoms with van der Waals surface area (Å²) in [6.45, 7) is 4.85. The van der Waals surface area contributed by atoms with E-state index in [1.807, 2.05) is 13.8 Å². The molecule has 0 spiro atoms. The van der Waals surface area contributed by atoms with Crippen molar-refractivity contribution in [3.8, 4) is 11.6 Å². The molecule has 9 heteroatoms. The maximum Gasteiger partial charge on any atom is 0.417 e. The molecular weight excluding hydrogens is 411 g/mol. The lowest BCUT2D eigenvalue weighted by atomic mass is 10.0. The van der Waals surface area contributed by atoms with Crippen molar-refractivity contribution >= 4 is 5.91 Å². The van der Waals surface area contributed by atoms with Gasteiger partial charge in [0, 0.05) is 24.5 Å². The van der Waals surface area contributed by atoms with Gasteiger partial charge in [0.15, 0.2) is 11.4 Å². The van der Waals surface area contributed by atoms with Gasteiger partial charge in [0.2, 0.25) is 5.88 Å². The van der Waals surface area contributed by atoms with Crippen LogP contribution in [0.4, 0.5) is 13.2 Å². The van der Waals surface area contributed by atoms with Crippen LogP contribution in [-0.2, 0) is 6.18 Å². The number of aromatic nitrogens is 2. The molecule has 3 heterocycles. The third kappa shape index (κ3) is 4.75. The Kier molecular flexibility index (Phi) is 5.77. The summed E-state index contributed by atoms with van der Waals surface area (Å²) in [7, 11) is 0. The highest BCUT2D eigenvalue weighted by Gasteiger charge is 2.48. The molecule has 31 heavy (non-hydrogen) atoms. The molecule has 3 atom stereocenters. The summed E-state index contributed by atoms with van der Waals surface area (Å²) >= 11 is 0. The summed E-state index contributed by atoms with van der Waals surface area (Å²) < 4.78 is 49.4. The molecule has 4 rings (SSSR count). The molecule has 0 unspecified atom stereocenters. The van der Waals surface area contributed by atoms with Crippen LogP contribution in [0.1, 0.15) is 41.5 Å². The van der Waals surface area contributed by atoms with Crippen LogP contribution in [-0.4, -0.2) is 46.6 Å². The monoisotopic (exact) mass is 435 g/mol. The lowest BCUT2D eigenvalue weighted by Gasteiger charge is -2.35. The highest BCUT2D eigenvalue weighted by molar-refractivity contribution is 5.95. The average Bonchev–Trinajstić information content (AvgIpc) is 3.50. The van der Waals surface area contributed by atoms with Gasteiger partial charge in [-0.05, 0) is 56.7 Å². The Morgan fingerprint density at radius 2 is 1.97 bits per heavy atom. The summed E-state index contributed by atoms with van der Waals surface area (Å²) in [5.74, 6) is 1.35. The maximum atomic E-state index is 13.4. The number of piperidine rings is 1. The number of likely N-dealkylation sites (tertiary alicyclic amines) is 1. The first-order chi connectivity index (χ1) is 14.8. The molecule has 1 aliphatic carbocycles. The van der Waals surface area contributed by atoms with Gasteiger partial charge in [-0.25, -0.2) is 9.97 Å². The van der Waals surface area contributed by atoms with Crippen molar-refractivity contribution in [3.05, 3.63) is 47.4 Å². The SMILES string of the molecule is CCOc1ccc(C)nc1C(=O)N1C[C@@H]2C[C@@H]2C[C@H]1COc1ccc(C(F)(F)F)cn1. The second-order valence-electron chi connectivity index (χ2n) is 8.03. The van der Waals surface area contributed by atoms with Crippen LogP contribution in [0.15, 0.2) is 30.5 Å². The number of pyridine rings is 2. The molecular formula is C22H24F3N3O3. The fourth-order valence-corrected chi connectivity index (χ4v) is 4.03. The Hall–Kier alpha value is -2.84. The van der Waals surface area contributed by atoms with Gasteiger partial charge in [0.25, 0.3) is 5.91 Å². The summed E-state index contributed by atoms with van der Waals surface area (Å²) in [6.07, 6.45) is -1.84. The second kappa shape index (κ2) is 8.36. The lowest BCUT2D eigenvalue weighted by Crippen LogP contribution is -2.48. The minimum Gasteiger partial charge on any atom is -0.491 e. The summed E-state index contributed by atoms with van der Waals surface area (Å²) in [5, 5.41) is 0. The third-order valence-corrected chi connectivity index (χ3v) is 5.76. The van der Waals surface area contributed by atoms with E-state index in [1.165, 1.54) is 6.07 Å². The minimum atomic E-state index is -4.45. The number of amides is 1. The predicted octanol–water partition coefficient (Wildman–Crippen LogP) is 4.13. The predicted molar refractivity (Wildman–Crippen MR) is 106 cm³/mol. The zero-order valence-corrected chi connectivity index (χ0v) is 17.4. The number of fused-ring (bicyclic) bond motifs is 1. The number of hydrogen-bond donors (Lipinski definition) is 0. The third-order valence-electron chi connectivity index (χ3n) is 5.76. The minimum absolute atomic E-state index is 0.0991. The van der Waals surface area contributed by atoms with Crippen LogP contribution in [0.3, 0.4) is 0 Å². The Morgan fingerprint density at radius 3 is 2.65 bits per heavy atom. The van der Waals surface area contributed by atoms with E-state index in [-0.39, 0.29) is 30.1 Å². The van der Waals surface area contributed by atoms with Gasteiger partial charge in [-0.3, -0.25) is 4.79 Å². The normalized spacial score (nSPS) is 22.6. The van der Waals surface area contributed by atoms with E-state index >= 15 is 0 Å². The zero-order valence-electron chi connectivity index (χ0n) is 17.4. The number of carbonyl (C=O) groups excluding carboxylic acids is 1. The number of alkyl halides is 3.